The molecule has 2 aliphatic rings. The molecule has 3 unspecified atom stereocenters. The molecule has 3 atom stereocenters. The Bertz CT molecular complexity index is 424. The summed E-state index contributed by atoms with van der Waals surface area (Å²) >= 11 is 5.95. The van der Waals surface area contributed by atoms with Gasteiger partial charge in [-0.15, -0.1) is 0 Å². The Hall–Kier alpha value is -0.600. The molecule has 0 radical (unpaired) electrons. The zero-order chi connectivity index (χ0) is 12.0. The summed E-state index contributed by atoms with van der Waals surface area (Å²) in [6.07, 6.45) is 4.63. The molecule has 0 bridgehead atoms. The first-order chi connectivity index (χ1) is 8.15. The van der Waals surface area contributed by atoms with E-state index in [4.69, 9.17) is 17.3 Å². The lowest BCUT2D eigenvalue weighted by Crippen LogP contribution is -2.31. The van der Waals surface area contributed by atoms with Crippen molar-refractivity contribution in [1.29, 1.82) is 0 Å². The summed E-state index contributed by atoms with van der Waals surface area (Å²) < 4.78 is 13.3. The third kappa shape index (κ3) is 2.21. The molecule has 1 aromatic carbocycles. The minimum absolute atomic E-state index is 0.127. The Morgan fingerprint density at radius 3 is 2.71 bits per heavy atom. The van der Waals surface area contributed by atoms with E-state index in [0.29, 0.717) is 12.3 Å². The Balaban J connectivity index is 1.67. The Kier molecular flexibility index (Phi) is 2.87. The molecule has 0 amide bonds. The van der Waals surface area contributed by atoms with Gasteiger partial charge in [0.1, 0.15) is 5.82 Å². The number of benzene rings is 1. The Labute approximate surface area is 106 Å². The maximum atomic E-state index is 13.3. The van der Waals surface area contributed by atoms with Gasteiger partial charge in [0.25, 0.3) is 0 Å². The molecule has 2 saturated carbocycles. The van der Waals surface area contributed by atoms with Crippen molar-refractivity contribution < 1.29 is 4.39 Å². The van der Waals surface area contributed by atoms with Gasteiger partial charge in [-0.05, 0) is 55.1 Å². The van der Waals surface area contributed by atoms with Crippen molar-refractivity contribution in [1.82, 2.24) is 0 Å². The Morgan fingerprint density at radius 1 is 1.29 bits per heavy atom. The molecule has 2 fully saturated rings. The molecular formula is C14H17ClFN. The van der Waals surface area contributed by atoms with Gasteiger partial charge in [-0.25, -0.2) is 4.39 Å². The summed E-state index contributed by atoms with van der Waals surface area (Å²) in [5, 5.41) is 0.242. The molecule has 3 rings (SSSR count). The van der Waals surface area contributed by atoms with Gasteiger partial charge in [0.2, 0.25) is 0 Å². The number of halogens is 2. The van der Waals surface area contributed by atoms with E-state index in [-0.39, 0.29) is 16.9 Å². The highest BCUT2D eigenvalue weighted by Crippen LogP contribution is 2.55. The molecule has 92 valence electrons. The predicted octanol–water partition coefficient (Wildman–Crippen LogP) is 3.40. The van der Waals surface area contributed by atoms with Gasteiger partial charge in [0.15, 0.2) is 0 Å². The van der Waals surface area contributed by atoms with Crippen LogP contribution in [-0.2, 0) is 6.42 Å². The normalized spacial score (nSPS) is 32.3. The molecule has 2 aliphatic carbocycles. The predicted molar refractivity (Wildman–Crippen MR) is 67.4 cm³/mol. The van der Waals surface area contributed by atoms with Crippen LogP contribution in [-0.4, -0.2) is 6.04 Å². The molecule has 1 aromatic rings. The molecule has 0 saturated heterocycles. The van der Waals surface area contributed by atoms with Gasteiger partial charge in [0.05, 0.1) is 5.02 Å². The van der Waals surface area contributed by atoms with Gasteiger partial charge in [-0.3, -0.25) is 0 Å². The van der Waals surface area contributed by atoms with Crippen molar-refractivity contribution in [2.24, 2.45) is 23.5 Å². The van der Waals surface area contributed by atoms with Gasteiger partial charge in [-0.1, -0.05) is 23.7 Å². The second-order valence-corrected chi connectivity index (χ2v) is 5.95. The summed E-state index contributed by atoms with van der Waals surface area (Å²) in [5.41, 5.74) is 7.08. The highest BCUT2D eigenvalue weighted by molar-refractivity contribution is 6.31. The van der Waals surface area contributed by atoms with Crippen LogP contribution in [0.5, 0.6) is 0 Å². The largest absolute Gasteiger partial charge is 0.327 e. The van der Waals surface area contributed by atoms with E-state index >= 15 is 0 Å². The average Bonchev–Trinajstić information content (AvgIpc) is 2.92. The molecule has 0 spiro atoms. The molecule has 3 heteroatoms. The number of nitrogens with two attached hydrogens (primary N) is 1. The molecule has 17 heavy (non-hydrogen) atoms. The summed E-state index contributed by atoms with van der Waals surface area (Å²) in [6.45, 7) is 0. The van der Waals surface area contributed by atoms with Gasteiger partial charge >= 0.3 is 0 Å². The third-order valence-electron chi connectivity index (χ3n) is 4.37. The smallest absolute Gasteiger partial charge is 0.142 e. The fourth-order valence-corrected chi connectivity index (χ4v) is 3.44. The molecule has 0 heterocycles. The highest BCUT2D eigenvalue weighted by Gasteiger charge is 2.47. The maximum absolute atomic E-state index is 13.3. The molecule has 1 nitrogen and oxygen atoms in total. The van der Waals surface area contributed by atoms with Crippen molar-refractivity contribution in [3.05, 3.63) is 34.6 Å². The first kappa shape index (κ1) is 11.5. The third-order valence-corrected chi connectivity index (χ3v) is 4.80. The lowest BCUT2D eigenvalue weighted by molar-refractivity contribution is 0.392. The molecular weight excluding hydrogens is 237 g/mol. The van der Waals surface area contributed by atoms with Crippen LogP contribution in [0.15, 0.2) is 18.2 Å². The lowest BCUT2D eigenvalue weighted by atomic mass is 9.90. The molecule has 0 aliphatic heterocycles. The van der Waals surface area contributed by atoms with Crippen molar-refractivity contribution in [2.75, 3.05) is 0 Å². The first-order valence-electron chi connectivity index (χ1n) is 6.33. The maximum Gasteiger partial charge on any atom is 0.142 e. The van der Waals surface area contributed by atoms with E-state index < -0.39 is 0 Å². The number of fused-ring (bicyclic) bond motifs is 1. The van der Waals surface area contributed by atoms with Gasteiger partial charge in [-0.2, -0.15) is 0 Å². The summed E-state index contributed by atoms with van der Waals surface area (Å²) in [6, 6.07) is 5.10. The van der Waals surface area contributed by atoms with E-state index in [2.05, 4.69) is 0 Å². The standard InChI is InChI=1S/C14H17ClFN/c15-14-8(2-1-3-12(14)16)7-13(17)11-5-9-4-10(9)6-11/h1-3,9-11,13H,4-7,17H2. The second-order valence-electron chi connectivity index (χ2n) is 5.57. The topological polar surface area (TPSA) is 26.0 Å². The summed E-state index contributed by atoms with van der Waals surface area (Å²) in [7, 11) is 0. The van der Waals surface area contributed by atoms with Crippen molar-refractivity contribution in [3.8, 4) is 0 Å². The molecule has 0 aromatic heterocycles. The van der Waals surface area contributed by atoms with Crippen LogP contribution in [0.25, 0.3) is 0 Å². The Morgan fingerprint density at radius 2 is 2.00 bits per heavy atom. The summed E-state index contributed by atoms with van der Waals surface area (Å²) in [4.78, 5) is 0. The van der Waals surface area contributed by atoms with Crippen LogP contribution >= 0.6 is 11.6 Å². The van der Waals surface area contributed by atoms with Crippen molar-refractivity contribution >= 4 is 11.6 Å². The number of hydrogen-bond donors (Lipinski definition) is 1. The SMILES string of the molecule is NC(Cc1cccc(F)c1Cl)C1CC2CC2C1. The number of hydrogen-bond acceptors (Lipinski definition) is 1. The number of rotatable bonds is 3. The fraction of sp³-hybridized carbons (Fsp3) is 0.571. The van der Waals surface area contributed by atoms with Crippen LogP contribution in [0.3, 0.4) is 0 Å². The van der Waals surface area contributed by atoms with E-state index in [9.17, 15) is 4.39 Å². The van der Waals surface area contributed by atoms with Gasteiger partial charge in [0, 0.05) is 6.04 Å². The zero-order valence-corrected chi connectivity index (χ0v) is 10.5. The zero-order valence-electron chi connectivity index (χ0n) is 9.70. The van der Waals surface area contributed by atoms with Crippen molar-refractivity contribution in [3.63, 3.8) is 0 Å². The van der Waals surface area contributed by atoms with E-state index in [1.165, 1.54) is 25.3 Å². The minimum Gasteiger partial charge on any atom is -0.327 e. The minimum atomic E-state index is -0.342. The lowest BCUT2D eigenvalue weighted by Gasteiger charge is -2.21. The van der Waals surface area contributed by atoms with Crippen LogP contribution in [0.1, 0.15) is 24.8 Å². The van der Waals surface area contributed by atoms with E-state index in [0.717, 1.165) is 17.4 Å². The van der Waals surface area contributed by atoms with Crippen molar-refractivity contribution in [2.45, 2.75) is 31.7 Å². The fourth-order valence-electron chi connectivity index (χ4n) is 3.24. The van der Waals surface area contributed by atoms with E-state index in [1.807, 2.05) is 6.07 Å². The van der Waals surface area contributed by atoms with Crippen LogP contribution in [0, 0.1) is 23.6 Å². The van der Waals surface area contributed by atoms with E-state index in [1.54, 1.807) is 6.07 Å². The summed E-state index contributed by atoms with van der Waals surface area (Å²) in [5.74, 6) is 2.15. The van der Waals surface area contributed by atoms with Crippen LogP contribution < -0.4 is 5.73 Å². The van der Waals surface area contributed by atoms with Crippen LogP contribution in [0.2, 0.25) is 5.02 Å². The quantitative estimate of drug-likeness (QED) is 0.878. The average molecular weight is 254 g/mol. The highest BCUT2D eigenvalue weighted by atomic mass is 35.5. The first-order valence-corrected chi connectivity index (χ1v) is 6.71. The second kappa shape index (κ2) is 4.25. The van der Waals surface area contributed by atoms with Gasteiger partial charge < -0.3 is 5.73 Å². The monoisotopic (exact) mass is 253 g/mol. The molecule has 2 N–H and O–H groups in total. The van der Waals surface area contributed by atoms with Crippen LogP contribution in [0.4, 0.5) is 4.39 Å².